The SMILES string of the molecule is CN(C(=O)c1c(CO)nc2ccccc2c1-c1ccccc1)c1ccc(Cl)cc1. The van der Waals surface area contributed by atoms with Crippen molar-refractivity contribution in [2.75, 3.05) is 11.9 Å². The average molecular weight is 403 g/mol. The van der Waals surface area contributed by atoms with Gasteiger partial charge in [-0.2, -0.15) is 0 Å². The molecule has 5 heteroatoms. The van der Waals surface area contributed by atoms with Gasteiger partial charge in [0, 0.05) is 28.7 Å². The summed E-state index contributed by atoms with van der Waals surface area (Å²) in [4.78, 5) is 19.7. The molecule has 1 amide bonds. The Balaban J connectivity index is 1.97. The van der Waals surface area contributed by atoms with Crippen LogP contribution in [0.4, 0.5) is 5.69 Å². The maximum absolute atomic E-state index is 13.6. The molecular weight excluding hydrogens is 384 g/mol. The summed E-state index contributed by atoms with van der Waals surface area (Å²) in [5, 5.41) is 11.5. The molecule has 4 aromatic rings. The molecule has 0 spiro atoms. The van der Waals surface area contributed by atoms with Crippen molar-refractivity contribution in [3.8, 4) is 11.1 Å². The van der Waals surface area contributed by atoms with Crippen LogP contribution in [0, 0.1) is 0 Å². The number of rotatable bonds is 4. The van der Waals surface area contributed by atoms with Gasteiger partial charge in [0.1, 0.15) is 0 Å². The Bertz CT molecular complexity index is 1170. The molecule has 1 heterocycles. The summed E-state index contributed by atoms with van der Waals surface area (Å²) in [6.07, 6.45) is 0. The summed E-state index contributed by atoms with van der Waals surface area (Å²) < 4.78 is 0. The van der Waals surface area contributed by atoms with Crippen molar-refractivity contribution < 1.29 is 9.90 Å². The van der Waals surface area contributed by atoms with Crippen LogP contribution in [0.25, 0.3) is 22.0 Å². The van der Waals surface area contributed by atoms with E-state index in [-0.39, 0.29) is 12.5 Å². The van der Waals surface area contributed by atoms with Crippen LogP contribution >= 0.6 is 11.6 Å². The molecule has 0 aliphatic heterocycles. The van der Waals surface area contributed by atoms with Gasteiger partial charge >= 0.3 is 0 Å². The lowest BCUT2D eigenvalue weighted by atomic mass is 9.93. The monoisotopic (exact) mass is 402 g/mol. The summed E-state index contributed by atoms with van der Waals surface area (Å²) >= 11 is 5.98. The van der Waals surface area contributed by atoms with Gasteiger partial charge in [-0.05, 0) is 35.9 Å². The van der Waals surface area contributed by atoms with E-state index in [4.69, 9.17) is 11.6 Å². The summed E-state index contributed by atoms with van der Waals surface area (Å²) in [6.45, 7) is -0.333. The Kier molecular flexibility index (Phi) is 5.30. The Morgan fingerprint density at radius 2 is 1.62 bits per heavy atom. The van der Waals surface area contributed by atoms with Crippen molar-refractivity contribution in [1.82, 2.24) is 4.98 Å². The Morgan fingerprint density at radius 3 is 2.31 bits per heavy atom. The van der Waals surface area contributed by atoms with Gasteiger partial charge in [0.05, 0.1) is 23.4 Å². The third-order valence-corrected chi connectivity index (χ3v) is 5.16. The van der Waals surface area contributed by atoms with Crippen LogP contribution in [0.1, 0.15) is 16.1 Å². The number of benzene rings is 3. The van der Waals surface area contributed by atoms with E-state index >= 15 is 0 Å². The highest BCUT2D eigenvalue weighted by atomic mass is 35.5. The van der Waals surface area contributed by atoms with Crippen LogP contribution in [0.5, 0.6) is 0 Å². The van der Waals surface area contributed by atoms with E-state index in [0.717, 1.165) is 22.0 Å². The molecule has 0 unspecified atom stereocenters. The standard InChI is InChI=1S/C24H19ClN2O2/c1-27(18-13-11-17(25)12-14-18)24(29)23-21(15-28)26-20-10-6-5-9-19(20)22(23)16-7-3-2-4-8-16/h2-14,28H,15H2,1H3. The molecule has 0 saturated carbocycles. The first-order valence-corrected chi connectivity index (χ1v) is 9.59. The molecule has 1 N–H and O–H groups in total. The van der Waals surface area contributed by atoms with Crippen molar-refractivity contribution in [1.29, 1.82) is 0 Å². The van der Waals surface area contributed by atoms with Crippen molar-refractivity contribution in [3.05, 3.63) is 95.1 Å². The molecular formula is C24H19ClN2O2. The molecule has 0 radical (unpaired) electrons. The highest BCUT2D eigenvalue weighted by molar-refractivity contribution is 6.30. The predicted octanol–water partition coefficient (Wildman–Crippen LogP) is 5.32. The molecule has 29 heavy (non-hydrogen) atoms. The minimum Gasteiger partial charge on any atom is -0.390 e. The maximum Gasteiger partial charge on any atom is 0.260 e. The van der Waals surface area contributed by atoms with E-state index in [1.807, 2.05) is 54.6 Å². The van der Waals surface area contributed by atoms with E-state index in [1.54, 1.807) is 36.2 Å². The fourth-order valence-electron chi connectivity index (χ4n) is 3.46. The first-order valence-electron chi connectivity index (χ1n) is 9.21. The summed E-state index contributed by atoms with van der Waals surface area (Å²) in [5.74, 6) is -0.242. The lowest BCUT2D eigenvalue weighted by Crippen LogP contribution is -2.28. The number of hydrogen-bond acceptors (Lipinski definition) is 3. The Morgan fingerprint density at radius 1 is 0.966 bits per heavy atom. The lowest BCUT2D eigenvalue weighted by molar-refractivity contribution is 0.0990. The third-order valence-electron chi connectivity index (χ3n) is 4.91. The molecule has 144 valence electrons. The number of aromatic nitrogens is 1. The second-order valence-electron chi connectivity index (χ2n) is 6.69. The molecule has 3 aromatic carbocycles. The summed E-state index contributed by atoms with van der Waals surface area (Å²) in [6, 6.07) is 24.4. The van der Waals surface area contributed by atoms with Crippen LogP contribution < -0.4 is 4.90 Å². The van der Waals surface area contributed by atoms with E-state index < -0.39 is 0 Å². The lowest BCUT2D eigenvalue weighted by Gasteiger charge is -2.22. The fraction of sp³-hybridized carbons (Fsp3) is 0.0833. The quantitative estimate of drug-likeness (QED) is 0.502. The van der Waals surface area contributed by atoms with Gasteiger partial charge in [-0.3, -0.25) is 4.79 Å². The number of para-hydroxylation sites is 1. The smallest absolute Gasteiger partial charge is 0.260 e. The minimum absolute atomic E-state index is 0.242. The van der Waals surface area contributed by atoms with Crippen molar-refractivity contribution in [2.45, 2.75) is 6.61 Å². The van der Waals surface area contributed by atoms with Gasteiger partial charge in [-0.15, -0.1) is 0 Å². The normalized spacial score (nSPS) is 10.9. The average Bonchev–Trinajstić information content (AvgIpc) is 2.77. The van der Waals surface area contributed by atoms with Gasteiger partial charge in [-0.1, -0.05) is 60.1 Å². The molecule has 0 aliphatic carbocycles. The van der Waals surface area contributed by atoms with Crippen LogP contribution in [0.3, 0.4) is 0 Å². The number of anilines is 1. The van der Waals surface area contributed by atoms with Gasteiger partial charge < -0.3 is 10.0 Å². The van der Waals surface area contributed by atoms with E-state index in [9.17, 15) is 9.90 Å². The molecule has 1 aromatic heterocycles. The number of nitrogens with zero attached hydrogens (tertiary/aromatic N) is 2. The molecule has 4 nitrogen and oxygen atoms in total. The summed E-state index contributed by atoms with van der Waals surface area (Å²) in [5.41, 5.74) is 3.86. The number of carbonyl (C=O) groups is 1. The number of pyridine rings is 1. The summed E-state index contributed by atoms with van der Waals surface area (Å²) in [7, 11) is 1.71. The van der Waals surface area contributed by atoms with Crippen molar-refractivity contribution >= 4 is 34.1 Å². The van der Waals surface area contributed by atoms with Gasteiger partial charge in [0.15, 0.2) is 0 Å². The van der Waals surface area contributed by atoms with Crippen LogP contribution in [-0.2, 0) is 6.61 Å². The molecule has 0 atom stereocenters. The Labute approximate surface area is 174 Å². The molecule has 0 bridgehead atoms. The van der Waals surface area contributed by atoms with Crippen molar-refractivity contribution in [2.24, 2.45) is 0 Å². The van der Waals surface area contributed by atoms with Crippen molar-refractivity contribution in [3.63, 3.8) is 0 Å². The third kappa shape index (κ3) is 3.60. The zero-order valence-corrected chi connectivity index (χ0v) is 16.6. The topological polar surface area (TPSA) is 53.4 Å². The number of amides is 1. The number of carbonyl (C=O) groups excluding carboxylic acids is 1. The highest BCUT2D eigenvalue weighted by Crippen LogP contribution is 2.34. The maximum atomic E-state index is 13.6. The largest absolute Gasteiger partial charge is 0.390 e. The van der Waals surface area contributed by atoms with E-state index in [1.165, 1.54) is 0 Å². The second kappa shape index (κ2) is 8.03. The second-order valence-corrected chi connectivity index (χ2v) is 7.13. The fourth-order valence-corrected chi connectivity index (χ4v) is 3.59. The number of aliphatic hydroxyl groups excluding tert-OH is 1. The van der Waals surface area contributed by atoms with Gasteiger partial charge in [-0.25, -0.2) is 4.98 Å². The molecule has 0 aliphatic rings. The number of fused-ring (bicyclic) bond motifs is 1. The predicted molar refractivity (Wildman–Crippen MR) is 117 cm³/mol. The molecule has 4 rings (SSSR count). The highest BCUT2D eigenvalue weighted by Gasteiger charge is 2.25. The van der Waals surface area contributed by atoms with E-state index in [0.29, 0.717) is 22.0 Å². The van der Waals surface area contributed by atoms with Gasteiger partial charge in [0.2, 0.25) is 0 Å². The van der Waals surface area contributed by atoms with E-state index in [2.05, 4.69) is 4.98 Å². The van der Waals surface area contributed by atoms with Gasteiger partial charge in [0.25, 0.3) is 5.91 Å². The van der Waals surface area contributed by atoms with Crippen LogP contribution in [-0.4, -0.2) is 23.0 Å². The number of halogens is 1. The zero-order valence-electron chi connectivity index (χ0n) is 15.8. The molecule has 0 fully saturated rings. The van der Waals surface area contributed by atoms with Crippen LogP contribution in [0.2, 0.25) is 5.02 Å². The zero-order chi connectivity index (χ0) is 20.4. The number of aliphatic hydroxyl groups is 1. The minimum atomic E-state index is -0.333. The number of hydrogen-bond donors (Lipinski definition) is 1. The van der Waals surface area contributed by atoms with Crippen LogP contribution in [0.15, 0.2) is 78.9 Å². The Hall–Kier alpha value is -3.21. The first-order chi connectivity index (χ1) is 14.1. The molecule has 0 saturated heterocycles. The first kappa shape index (κ1) is 19.1.